The number of hydrogen-bond acceptors (Lipinski definition) is 2. The zero-order valence-electron chi connectivity index (χ0n) is 12.8. The third-order valence-corrected chi connectivity index (χ3v) is 5.28. The molecule has 0 radical (unpaired) electrons. The molecule has 4 rings (SSSR count). The van der Waals surface area contributed by atoms with Gasteiger partial charge in [0.25, 0.3) is 0 Å². The summed E-state index contributed by atoms with van der Waals surface area (Å²) in [5.41, 5.74) is 1.00. The van der Waals surface area contributed by atoms with Gasteiger partial charge in [-0.1, -0.05) is 35.3 Å². The molecule has 1 amide bonds. The minimum atomic E-state index is -0.544. The molecule has 2 aliphatic heterocycles. The van der Waals surface area contributed by atoms with E-state index in [1.807, 2.05) is 11.0 Å². The molecule has 0 spiro atoms. The molecule has 2 heterocycles. The SMILES string of the molecule is O=C1C2CCCN2C(c2c(F)cccc2Cl)N1c1cccc(Cl)c1. The Labute approximate surface area is 149 Å². The molecule has 2 unspecified atom stereocenters. The molecule has 0 aliphatic carbocycles. The highest BCUT2D eigenvalue weighted by Gasteiger charge is 2.50. The first-order valence-electron chi connectivity index (χ1n) is 7.86. The molecular formula is C18H15Cl2FN2O. The Morgan fingerprint density at radius 2 is 1.92 bits per heavy atom. The van der Waals surface area contributed by atoms with Gasteiger partial charge in [-0.25, -0.2) is 4.39 Å². The molecule has 2 saturated heterocycles. The largest absolute Gasteiger partial charge is 0.290 e. The molecule has 2 atom stereocenters. The van der Waals surface area contributed by atoms with Crippen LogP contribution in [0.2, 0.25) is 10.0 Å². The van der Waals surface area contributed by atoms with Crippen LogP contribution in [0.25, 0.3) is 0 Å². The van der Waals surface area contributed by atoms with Crippen LogP contribution in [-0.4, -0.2) is 23.4 Å². The van der Waals surface area contributed by atoms with Gasteiger partial charge in [-0.2, -0.15) is 0 Å². The van der Waals surface area contributed by atoms with Crippen molar-refractivity contribution in [3.05, 3.63) is 63.9 Å². The van der Waals surface area contributed by atoms with Crippen molar-refractivity contribution < 1.29 is 9.18 Å². The lowest BCUT2D eigenvalue weighted by Crippen LogP contribution is -2.33. The Morgan fingerprint density at radius 1 is 1.12 bits per heavy atom. The van der Waals surface area contributed by atoms with Crippen LogP contribution in [0.3, 0.4) is 0 Å². The Balaban J connectivity index is 1.88. The van der Waals surface area contributed by atoms with Crippen LogP contribution in [0.1, 0.15) is 24.6 Å². The molecular weight excluding hydrogens is 350 g/mol. The van der Waals surface area contributed by atoms with Crippen LogP contribution < -0.4 is 4.90 Å². The van der Waals surface area contributed by atoms with E-state index in [1.54, 1.807) is 35.2 Å². The number of nitrogens with zero attached hydrogens (tertiary/aromatic N) is 2. The molecule has 124 valence electrons. The topological polar surface area (TPSA) is 23.6 Å². The van der Waals surface area contributed by atoms with Gasteiger partial charge in [-0.15, -0.1) is 0 Å². The van der Waals surface area contributed by atoms with Gasteiger partial charge in [0.05, 0.1) is 11.1 Å². The van der Waals surface area contributed by atoms with Crippen molar-refractivity contribution in [2.45, 2.75) is 25.0 Å². The summed E-state index contributed by atoms with van der Waals surface area (Å²) in [4.78, 5) is 16.6. The zero-order chi connectivity index (χ0) is 16.8. The third kappa shape index (κ3) is 2.41. The van der Waals surface area contributed by atoms with Gasteiger partial charge in [0.15, 0.2) is 0 Å². The van der Waals surface area contributed by atoms with Crippen molar-refractivity contribution >= 4 is 34.8 Å². The summed E-state index contributed by atoms with van der Waals surface area (Å²) in [6.07, 6.45) is 1.15. The van der Waals surface area contributed by atoms with Gasteiger partial charge >= 0.3 is 0 Å². The predicted octanol–water partition coefficient (Wildman–Crippen LogP) is 4.64. The molecule has 0 N–H and O–H groups in total. The van der Waals surface area contributed by atoms with E-state index in [2.05, 4.69) is 0 Å². The first-order chi connectivity index (χ1) is 11.6. The Morgan fingerprint density at radius 3 is 2.67 bits per heavy atom. The van der Waals surface area contributed by atoms with E-state index in [9.17, 15) is 9.18 Å². The number of carbonyl (C=O) groups is 1. The van der Waals surface area contributed by atoms with Gasteiger partial charge < -0.3 is 0 Å². The van der Waals surface area contributed by atoms with Gasteiger partial charge in [-0.3, -0.25) is 14.6 Å². The fraction of sp³-hybridized carbons (Fsp3) is 0.278. The third-order valence-electron chi connectivity index (χ3n) is 4.72. The summed E-state index contributed by atoms with van der Waals surface area (Å²) in [5.74, 6) is -0.432. The average molecular weight is 365 g/mol. The maximum absolute atomic E-state index is 14.6. The van der Waals surface area contributed by atoms with Crippen LogP contribution in [0.5, 0.6) is 0 Å². The first-order valence-corrected chi connectivity index (χ1v) is 8.62. The number of fused-ring (bicyclic) bond motifs is 1. The number of anilines is 1. The minimum absolute atomic E-state index is 0.0286. The van der Waals surface area contributed by atoms with Crippen molar-refractivity contribution in [1.82, 2.24) is 4.90 Å². The Bertz CT molecular complexity index is 793. The number of hydrogen-bond donors (Lipinski definition) is 0. The molecule has 2 aromatic carbocycles. The van der Waals surface area contributed by atoms with Crippen LogP contribution in [0.15, 0.2) is 42.5 Å². The van der Waals surface area contributed by atoms with Crippen molar-refractivity contribution in [1.29, 1.82) is 0 Å². The maximum Gasteiger partial charge on any atom is 0.246 e. The highest BCUT2D eigenvalue weighted by Crippen LogP contribution is 2.45. The van der Waals surface area contributed by atoms with E-state index in [0.717, 1.165) is 19.4 Å². The highest BCUT2D eigenvalue weighted by atomic mass is 35.5. The summed E-state index contributed by atoms with van der Waals surface area (Å²) in [5, 5.41) is 0.859. The lowest BCUT2D eigenvalue weighted by atomic mass is 10.1. The van der Waals surface area contributed by atoms with E-state index >= 15 is 0 Å². The van der Waals surface area contributed by atoms with Crippen molar-refractivity contribution in [2.75, 3.05) is 11.4 Å². The standard InChI is InChI=1S/C18H15Cl2FN2O/c19-11-4-1-5-12(10-11)23-17(16-13(20)6-2-7-14(16)21)22-9-3-8-15(22)18(23)24/h1-2,4-7,10,15,17H,3,8-9H2. The first kappa shape index (κ1) is 15.9. The smallest absolute Gasteiger partial charge is 0.246 e. The molecule has 6 heteroatoms. The Hall–Kier alpha value is -1.62. The van der Waals surface area contributed by atoms with E-state index in [4.69, 9.17) is 23.2 Å². The van der Waals surface area contributed by atoms with Gasteiger partial charge in [0.2, 0.25) is 5.91 Å². The van der Waals surface area contributed by atoms with Crippen molar-refractivity contribution in [2.24, 2.45) is 0 Å². The molecule has 2 aromatic rings. The molecule has 0 saturated carbocycles. The summed E-state index contributed by atoms with van der Waals surface area (Å²) in [7, 11) is 0. The second-order valence-corrected chi connectivity index (χ2v) is 6.94. The average Bonchev–Trinajstić information content (AvgIpc) is 3.11. The normalized spacial score (nSPS) is 23.8. The molecule has 0 aromatic heterocycles. The molecule has 3 nitrogen and oxygen atoms in total. The van der Waals surface area contributed by atoms with Crippen molar-refractivity contribution in [3.8, 4) is 0 Å². The van der Waals surface area contributed by atoms with Crippen LogP contribution in [0.4, 0.5) is 10.1 Å². The highest BCUT2D eigenvalue weighted by molar-refractivity contribution is 6.31. The predicted molar refractivity (Wildman–Crippen MR) is 92.8 cm³/mol. The van der Waals surface area contributed by atoms with Gasteiger partial charge in [0, 0.05) is 22.8 Å². The van der Waals surface area contributed by atoms with E-state index < -0.39 is 12.0 Å². The Kier molecular flexibility index (Phi) is 3.99. The van der Waals surface area contributed by atoms with Gasteiger partial charge in [0.1, 0.15) is 12.0 Å². The summed E-state index contributed by atoms with van der Waals surface area (Å²) in [6.45, 7) is 0.739. The van der Waals surface area contributed by atoms with E-state index in [-0.39, 0.29) is 11.9 Å². The second-order valence-electron chi connectivity index (χ2n) is 6.09. The van der Waals surface area contributed by atoms with E-state index in [0.29, 0.717) is 21.3 Å². The lowest BCUT2D eigenvalue weighted by molar-refractivity contribution is -0.119. The van der Waals surface area contributed by atoms with Crippen LogP contribution in [0, 0.1) is 5.82 Å². The monoisotopic (exact) mass is 364 g/mol. The summed E-state index contributed by atoms with van der Waals surface area (Å²) < 4.78 is 14.6. The van der Waals surface area contributed by atoms with Gasteiger partial charge in [-0.05, 0) is 43.2 Å². The quantitative estimate of drug-likeness (QED) is 0.774. The summed E-state index contributed by atoms with van der Waals surface area (Å²) >= 11 is 12.4. The molecule has 2 aliphatic rings. The minimum Gasteiger partial charge on any atom is -0.290 e. The molecule has 0 bridgehead atoms. The molecule has 2 fully saturated rings. The molecule has 24 heavy (non-hydrogen) atoms. The number of carbonyl (C=O) groups excluding carboxylic acids is 1. The second kappa shape index (κ2) is 6.03. The summed E-state index contributed by atoms with van der Waals surface area (Å²) in [6, 6.07) is 11.5. The maximum atomic E-state index is 14.6. The van der Waals surface area contributed by atoms with E-state index in [1.165, 1.54) is 6.07 Å². The van der Waals surface area contributed by atoms with Crippen molar-refractivity contribution in [3.63, 3.8) is 0 Å². The van der Waals surface area contributed by atoms with Crippen LogP contribution in [-0.2, 0) is 4.79 Å². The lowest BCUT2D eigenvalue weighted by Gasteiger charge is -2.30. The zero-order valence-corrected chi connectivity index (χ0v) is 14.3. The number of amides is 1. The van der Waals surface area contributed by atoms with Crippen LogP contribution >= 0.6 is 23.2 Å². The number of halogens is 3. The fourth-order valence-corrected chi connectivity index (χ4v) is 4.17. The number of benzene rings is 2. The fourth-order valence-electron chi connectivity index (χ4n) is 3.72. The number of rotatable bonds is 2.